The van der Waals surface area contributed by atoms with E-state index in [1.54, 1.807) is 12.2 Å². The van der Waals surface area contributed by atoms with E-state index in [0.717, 1.165) is 46.5 Å². The van der Waals surface area contributed by atoms with Crippen LogP contribution in [0.2, 0.25) is 0 Å². The summed E-state index contributed by atoms with van der Waals surface area (Å²) in [5.41, 5.74) is 4.79. The Morgan fingerprint density at radius 3 is 2.94 bits per heavy atom. The zero-order valence-corrected chi connectivity index (χ0v) is 17.3. The lowest BCUT2D eigenvalue weighted by Gasteiger charge is -2.27. The van der Waals surface area contributed by atoms with Crippen molar-refractivity contribution in [2.75, 3.05) is 13.1 Å². The van der Waals surface area contributed by atoms with E-state index in [9.17, 15) is 0 Å². The van der Waals surface area contributed by atoms with Gasteiger partial charge in [0.15, 0.2) is 5.82 Å². The first kappa shape index (κ1) is 19.3. The highest BCUT2D eigenvalue weighted by molar-refractivity contribution is 5.95. The second-order valence-electron chi connectivity index (χ2n) is 7.80. The number of nitrogens with one attached hydrogen (secondary N) is 3. The minimum Gasteiger partial charge on any atom is -0.312 e. The Hall–Kier alpha value is -3.65. The van der Waals surface area contributed by atoms with Gasteiger partial charge in [-0.15, -0.1) is 0 Å². The maximum Gasteiger partial charge on any atom is 0.173 e. The quantitative estimate of drug-likeness (QED) is 0.403. The van der Waals surface area contributed by atoms with E-state index in [0.29, 0.717) is 30.4 Å². The molecule has 1 fully saturated rings. The van der Waals surface area contributed by atoms with Gasteiger partial charge in [-0.05, 0) is 42.3 Å². The summed E-state index contributed by atoms with van der Waals surface area (Å²) in [7, 11) is 0. The molecule has 8 heteroatoms. The van der Waals surface area contributed by atoms with Crippen LogP contribution in [0, 0.1) is 5.41 Å². The van der Waals surface area contributed by atoms with Gasteiger partial charge in [-0.1, -0.05) is 13.0 Å². The summed E-state index contributed by atoms with van der Waals surface area (Å²) in [5, 5.41) is 23.8. The molecule has 5 rings (SSSR count). The largest absolute Gasteiger partial charge is 0.312 e. The molecule has 0 spiro atoms. The number of fused-ring (bicyclic) bond motifs is 1. The molecule has 31 heavy (non-hydrogen) atoms. The number of aromatic amines is 1. The number of benzene rings is 1. The van der Waals surface area contributed by atoms with Crippen LogP contribution in [-0.4, -0.2) is 48.7 Å². The first-order valence-corrected chi connectivity index (χ1v) is 10.5. The van der Waals surface area contributed by atoms with Crippen LogP contribution in [0.5, 0.6) is 0 Å². The minimum absolute atomic E-state index is 0.447. The molecule has 3 aromatic heterocycles. The van der Waals surface area contributed by atoms with Crippen molar-refractivity contribution in [2.45, 2.75) is 25.8 Å². The highest BCUT2D eigenvalue weighted by atomic mass is 15.3. The van der Waals surface area contributed by atoms with Crippen LogP contribution in [0.3, 0.4) is 0 Å². The van der Waals surface area contributed by atoms with Gasteiger partial charge in [0.1, 0.15) is 5.82 Å². The molecule has 1 aromatic carbocycles. The van der Waals surface area contributed by atoms with Gasteiger partial charge in [-0.2, -0.15) is 10.2 Å². The van der Waals surface area contributed by atoms with Gasteiger partial charge in [-0.3, -0.25) is 14.8 Å². The van der Waals surface area contributed by atoms with Crippen molar-refractivity contribution in [1.29, 1.82) is 5.41 Å². The topological polar surface area (TPSA) is 108 Å². The summed E-state index contributed by atoms with van der Waals surface area (Å²) in [6, 6.07) is 8.87. The molecule has 0 radical (unpaired) electrons. The van der Waals surface area contributed by atoms with Crippen LogP contribution in [0.1, 0.15) is 36.6 Å². The molecular formula is C23H24N8. The van der Waals surface area contributed by atoms with Crippen LogP contribution >= 0.6 is 0 Å². The SMILES string of the molecule is CCC(=N)/C=C\c1n[nH]c(Cc2ccc3ncc(-c4cnn(C5CNC5)c4)cc3c2)n1. The normalized spacial score (nSPS) is 14.4. The van der Waals surface area contributed by atoms with Gasteiger partial charge in [0, 0.05) is 54.1 Å². The fraction of sp³-hybridized carbons (Fsp3) is 0.261. The van der Waals surface area contributed by atoms with E-state index in [-0.39, 0.29) is 0 Å². The molecule has 3 N–H and O–H groups in total. The molecule has 4 aromatic rings. The summed E-state index contributed by atoms with van der Waals surface area (Å²) in [6.45, 7) is 3.90. The summed E-state index contributed by atoms with van der Waals surface area (Å²) >= 11 is 0. The molecule has 0 unspecified atom stereocenters. The van der Waals surface area contributed by atoms with Gasteiger partial charge in [0.05, 0.1) is 17.8 Å². The number of allylic oxidation sites excluding steroid dienone is 1. The lowest BCUT2D eigenvalue weighted by Crippen LogP contribution is -2.43. The second-order valence-corrected chi connectivity index (χ2v) is 7.80. The van der Waals surface area contributed by atoms with Crippen LogP contribution in [-0.2, 0) is 6.42 Å². The zero-order chi connectivity index (χ0) is 21.2. The Morgan fingerprint density at radius 1 is 1.23 bits per heavy atom. The molecule has 0 aliphatic carbocycles. The summed E-state index contributed by atoms with van der Waals surface area (Å²) in [5.74, 6) is 1.39. The van der Waals surface area contributed by atoms with Gasteiger partial charge < -0.3 is 10.7 Å². The maximum absolute atomic E-state index is 7.70. The lowest BCUT2D eigenvalue weighted by atomic mass is 10.0. The van der Waals surface area contributed by atoms with E-state index in [1.807, 2.05) is 30.1 Å². The predicted molar refractivity (Wildman–Crippen MR) is 121 cm³/mol. The number of hydrogen-bond acceptors (Lipinski definition) is 6. The maximum atomic E-state index is 7.70. The van der Waals surface area contributed by atoms with Crippen molar-refractivity contribution in [3.8, 4) is 11.1 Å². The van der Waals surface area contributed by atoms with Gasteiger partial charge in [0.25, 0.3) is 0 Å². The molecule has 8 nitrogen and oxygen atoms in total. The minimum atomic E-state index is 0.447. The first-order chi connectivity index (χ1) is 15.2. The van der Waals surface area contributed by atoms with Crippen molar-refractivity contribution in [1.82, 2.24) is 35.3 Å². The number of pyridine rings is 1. The Balaban J connectivity index is 1.36. The van der Waals surface area contributed by atoms with E-state index in [4.69, 9.17) is 5.41 Å². The molecule has 0 bridgehead atoms. The fourth-order valence-corrected chi connectivity index (χ4v) is 3.55. The highest BCUT2D eigenvalue weighted by Crippen LogP contribution is 2.25. The summed E-state index contributed by atoms with van der Waals surface area (Å²) in [4.78, 5) is 9.14. The van der Waals surface area contributed by atoms with E-state index >= 15 is 0 Å². The Morgan fingerprint density at radius 2 is 2.13 bits per heavy atom. The molecule has 1 aliphatic heterocycles. The summed E-state index contributed by atoms with van der Waals surface area (Å²) in [6.07, 6.45) is 10.8. The van der Waals surface area contributed by atoms with E-state index in [2.05, 4.69) is 55.0 Å². The number of rotatable bonds is 7. The first-order valence-electron chi connectivity index (χ1n) is 10.5. The van der Waals surface area contributed by atoms with Crippen LogP contribution < -0.4 is 5.32 Å². The van der Waals surface area contributed by atoms with Crippen molar-refractivity contribution >= 4 is 22.7 Å². The number of aromatic nitrogens is 6. The molecule has 1 saturated heterocycles. The van der Waals surface area contributed by atoms with Crippen LogP contribution in [0.4, 0.5) is 0 Å². The van der Waals surface area contributed by atoms with E-state index in [1.165, 1.54) is 0 Å². The Bertz CT molecular complexity index is 1260. The third kappa shape index (κ3) is 4.15. The molecule has 1 aliphatic rings. The lowest BCUT2D eigenvalue weighted by molar-refractivity contribution is 0.318. The van der Waals surface area contributed by atoms with Crippen LogP contribution in [0.25, 0.3) is 28.1 Å². The van der Waals surface area contributed by atoms with Gasteiger partial charge in [-0.25, -0.2) is 4.98 Å². The average molecular weight is 413 g/mol. The van der Waals surface area contributed by atoms with Crippen molar-refractivity contribution in [2.24, 2.45) is 0 Å². The molecule has 0 atom stereocenters. The van der Waals surface area contributed by atoms with Crippen molar-refractivity contribution in [3.05, 3.63) is 66.1 Å². The highest BCUT2D eigenvalue weighted by Gasteiger charge is 2.19. The van der Waals surface area contributed by atoms with Gasteiger partial charge >= 0.3 is 0 Å². The Kier molecular flexibility index (Phi) is 5.13. The van der Waals surface area contributed by atoms with Gasteiger partial charge in [0.2, 0.25) is 0 Å². The van der Waals surface area contributed by atoms with E-state index < -0.39 is 0 Å². The van der Waals surface area contributed by atoms with Crippen molar-refractivity contribution in [3.63, 3.8) is 0 Å². The third-order valence-corrected chi connectivity index (χ3v) is 5.55. The van der Waals surface area contributed by atoms with Crippen LogP contribution in [0.15, 0.2) is 48.9 Å². The number of hydrogen-bond donors (Lipinski definition) is 3. The second kappa shape index (κ2) is 8.23. The average Bonchev–Trinajstić information content (AvgIpc) is 3.40. The standard InChI is InChI=1S/C23H24N8/c1-2-19(24)4-6-22-28-23(30-29-22)8-15-3-5-21-16(7-15)9-17(10-26-21)18-11-27-31(14-18)20-12-25-13-20/h3-7,9-11,14,20,24-25H,2,8,12-13H2,1H3,(H,28,29,30)/b6-4-,24-19?. The molecular weight excluding hydrogens is 388 g/mol. The molecule has 0 saturated carbocycles. The zero-order valence-electron chi connectivity index (χ0n) is 17.3. The smallest absolute Gasteiger partial charge is 0.173 e. The third-order valence-electron chi connectivity index (χ3n) is 5.55. The number of nitrogens with zero attached hydrogens (tertiary/aromatic N) is 5. The van der Waals surface area contributed by atoms with Crippen molar-refractivity contribution < 1.29 is 0 Å². The molecule has 0 amide bonds. The molecule has 156 valence electrons. The number of H-pyrrole nitrogens is 1. The monoisotopic (exact) mass is 412 g/mol. The molecule has 4 heterocycles. The predicted octanol–water partition coefficient (Wildman–Crippen LogP) is 3.39. The Labute approximate surface area is 179 Å². The summed E-state index contributed by atoms with van der Waals surface area (Å²) < 4.78 is 2.03. The fourth-order valence-electron chi connectivity index (χ4n) is 3.55.